The number of benzene rings is 1. The number of hydrogen-bond acceptors (Lipinski definition) is 3. The van der Waals surface area contributed by atoms with Crippen LogP contribution in [0.2, 0.25) is 0 Å². The molecule has 0 saturated carbocycles. The molecule has 0 unspecified atom stereocenters. The standard InChI is InChI=1S/C16H21NO4.Ca.2H/c18-15(19)7-6-13-8-10-17(11-9-13)16(20)21-12-14-4-2-1-3-5-14;;;/h1-5,13H,6-12H2,(H,18,19);;;. The van der Waals surface area contributed by atoms with Crippen molar-refractivity contribution in [2.75, 3.05) is 13.1 Å². The summed E-state index contributed by atoms with van der Waals surface area (Å²) in [5.74, 6) is -0.348. The molecule has 0 aromatic heterocycles. The zero-order chi connectivity index (χ0) is 15.1. The first-order chi connectivity index (χ1) is 10.1. The number of ether oxygens (including phenoxy) is 1. The zero-order valence-corrected chi connectivity index (χ0v) is 12.0. The van der Waals surface area contributed by atoms with Gasteiger partial charge in [0.25, 0.3) is 0 Å². The fourth-order valence-corrected chi connectivity index (χ4v) is 2.54. The molecule has 0 atom stereocenters. The van der Waals surface area contributed by atoms with E-state index in [2.05, 4.69) is 0 Å². The van der Waals surface area contributed by atoms with E-state index in [0.29, 0.717) is 32.0 Å². The molecule has 0 radical (unpaired) electrons. The Morgan fingerprint density at radius 3 is 2.41 bits per heavy atom. The van der Waals surface area contributed by atoms with Crippen molar-refractivity contribution in [3.05, 3.63) is 35.9 Å². The van der Waals surface area contributed by atoms with Crippen molar-refractivity contribution in [2.45, 2.75) is 32.3 Å². The summed E-state index contributed by atoms with van der Waals surface area (Å²) in [4.78, 5) is 24.2. The summed E-state index contributed by atoms with van der Waals surface area (Å²) in [6.45, 7) is 1.59. The van der Waals surface area contributed by atoms with Gasteiger partial charge in [-0.3, -0.25) is 4.79 Å². The van der Waals surface area contributed by atoms with E-state index >= 15 is 0 Å². The van der Waals surface area contributed by atoms with E-state index in [1.165, 1.54) is 0 Å². The van der Waals surface area contributed by atoms with Gasteiger partial charge >= 0.3 is 49.8 Å². The van der Waals surface area contributed by atoms with Gasteiger partial charge in [0.1, 0.15) is 6.61 Å². The molecule has 1 aromatic carbocycles. The molecule has 118 valence electrons. The van der Waals surface area contributed by atoms with E-state index in [-0.39, 0.29) is 50.3 Å². The molecule has 1 aromatic rings. The second kappa shape index (κ2) is 10.1. The van der Waals surface area contributed by atoms with Crippen molar-refractivity contribution in [1.29, 1.82) is 0 Å². The number of hydrogen-bond donors (Lipinski definition) is 1. The third kappa shape index (κ3) is 6.55. The summed E-state index contributed by atoms with van der Waals surface area (Å²) in [6.07, 6.45) is 2.34. The van der Waals surface area contributed by atoms with Crippen LogP contribution < -0.4 is 0 Å². The Bertz CT molecular complexity index is 472. The van der Waals surface area contributed by atoms with Gasteiger partial charge in [-0.2, -0.15) is 0 Å². The maximum absolute atomic E-state index is 12.0. The van der Waals surface area contributed by atoms with Crippen LogP contribution in [0.15, 0.2) is 30.3 Å². The van der Waals surface area contributed by atoms with Crippen molar-refractivity contribution < 1.29 is 19.4 Å². The Balaban J connectivity index is 0.00000242. The fourth-order valence-electron chi connectivity index (χ4n) is 2.54. The molecule has 1 N–H and O–H groups in total. The van der Waals surface area contributed by atoms with Crippen molar-refractivity contribution >= 4 is 49.8 Å². The summed E-state index contributed by atoms with van der Waals surface area (Å²) < 4.78 is 5.29. The van der Waals surface area contributed by atoms with E-state index in [9.17, 15) is 9.59 Å². The molecule has 0 aliphatic carbocycles. The number of carboxylic acid groups (broad SMARTS) is 1. The van der Waals surface area contributed by atoms with Crippen LogP contribution in [0.4, 0.5) is 4.79 Å². The second-order valence-electron chi connectivity index (χ2n) is 5.40. The van der Waals surface area contributed by atoms with Gasteiger partial charge in [0, 0.05) is 19.5 Å². The predicted molar refractivity (Wildman–Crippen MR) is 86.3 cm³/mol. The molecule has 1 saturated heterocycles. The number of amides is 1. The third-order valence-electron chi connectivity index (χ3n) is 3.84. The topological polar surface area (TPSA) is 66.8 Å². The molecule has 5 nitrogen and oxygen atoms in total. The van der Waals surface area contributed by atoms with Crippen molar-refractivity contribution in [3.8, 4) is 0 Å². The number of carboxylic acids is 1. The Labute approximate surface area is 160 Å². The molecule has 1 fully saturated rings. The Morgan fingerprint density at radius 2 is 1.82 bits per heavy atom. The number of carbonyl (C=O) groups is 2. The van der Waals surface area contributed by atoms with Gasteiger partial charge in [-0.1, -0.05) is 30.3 Å². The Morgan fingerprint density at radius 1 is 1.18 bits per heavy atom. The first kappa shape index (κ1) is 19.3. The van der Waals surface area contributed by atoms with Gasteiger partial charge in [-0.25, -0.2) is 4.79 Å². The molecular formula is C16H23CaNO4. The first-order valence-corrected chi connectivity index (χ1v) is 7.32. The summed E-state index contributed by atoms with van der Waals surface area (Å²) in [7, 11) is 0. The molecule has 1 aliphatic heterocycles. The number of carbonyl (C=O) groups excluding carboxylic acids is 1. The van der Waals surface area contributed by atoms with Crippen LogP contribution in [-0.2, 0) is 16.1 Å². The van der Waals surface area contributed by atoms with E-state index in [1.54, 1.807) is 4.90 Å². The molecule has 0 bridgehead atoms. The quantitative estimate of drug-likeness (QED) is 0.837. The summed E-state index contributed by atoms with van der Waals surface area (Å²) in [5.41, 5.74) is 0.974. The maximum atomic E-state index is 12.0. The third-order valence-corrected chi connectivity index (χ3v) is 3.84. The molecule has 22 heavy (non-hydrogen) atoms. The summed E-state index contributed by atoms with van der Waals surface area (Å²) in [5, 5.41) is 8.68. The first-order valence-electron chi connectivity index (χ1n) is 7.32. The molecule has 1 heterocycles. The zero-order valence-electron chi connectivity index (χ0n) is 12.0. The average Bonchev–Trinajstić information content (AvgIpc) is 2.52. The number of aliphatic carboxylic acids is 1. The molecular weight excluding hydrogens is 310 g/mol. The molecule has 2 rings (SSSR count). The van der Waals surface area contributed by atoms with Crippen LogP contribution in [0.3, 0.4) is 0 Å². The van der Waals surface area contributed by atoms with Gasteiger partial charge in [-0.05, 0) is 30.7 Å². The second-order valence-corrected chi connectivity index (χ2v) is 5.40. The van der Waals surface area contributed by atoms with Crippen molar-refractivity contribution in [1.82, 2.24) is 4.90 Å². The fraction of sp³-hybridized carbons (Fsp3) is 0.500. The van der Waals surface area contributed by atoms with Gasteiger partial charge in [0.05, 0.1) is 0 Å². The van der Waals surface area contributed by atoms with Crippen LogP contribution >= 0.6 is 0 Å². The van der Waals surface area contributed by atoms with Crippen LogP contribution in [0.25, 0.3) is 0 Å². The van der Waals surface area contributed by atoms with Crippen LogP contribution in [0, 0.1) is 5.92 Å². The van der Waals surface area contributed by atoms with Crippen LogP contribution in [-0.4, -0.2) is 72.9 Å². The van der Waals surface area contributed by atoms with Gasteiger partial charge in [0.15, 0.2) is 0 Å². The van der Waals surface area contributed by atoms with Gasteiger partial charge in [0.2, 0.25) is 0 Å². The van der Waals surface area contributed by atoms with Crippen molar-refractivity contribution in [3.63, 3.8) is 0 Å². The van der Waals surface area contributed by atoms with E-state index in [4.69, 9.17) is 9.84 Å². The monoisotopic (exact) mass is 333 g/mol. The molecule has 1 aliphatic rings. The summed E-state index contributed by atoms with van der Waals surface area (Å²) in [6, 6.07) is 9.60. The van der Waals surface area contributed by atoms with Gasteiger partial charge < -0.3 is 14.7 Å². The van der Waals surface area contributed by atoms with Crippen LogP contribution in [0.5, 0.6) is 0 Å². The number of piperidine rings is 1. The molecule has 0 spiro atoms. The normalized spacial score (nSPS) is 15.0. The van der Waals surface area contributed by atoms with Crippen LogP contribution in [0.1, 0.15) is 31.2 Å². The SMILES string of the molecule is O=C(O)CCC1CCN(C(=O)OCc2ccccc2)CC1.[CaH2]. The van der Waals surface area contributed by atoms with E-state index in [1.807, 2.05) is 30.3 Å². The minimum atomic E-state index is -0.750. The molecule has 6 heteroatoms. The average molecular weight is 333 g/mol. The Kier molecular flexibility index (Phi) is 8.83. The van der Waals surface area contributed by atoms with Gasteiger partial charge in [-0.15, -0.1) is 0 Å². The minimum absolute atomic E-state index is 0. The number of likely N-dealkylation sites (tertiary alicyclic amines) is 1. The predicted octanol–water partition coefficient (Wildman–Crippen LogP) is 1.98. The van der Waals surface area contributed by atoms with E-state index in [0.717, 1.165) is 18.4 Å². The summed E-state index contributed by atoms with van der Waals surface area (Å²) >= 11 is 0. The van der Waals surface area contributed by atoms with E-state index < -0.39 is 5.97 Å². The number of nitrogens with zero attached hydrogens (tertiary/aromatic N) is 1. The molecule has 1 amide bonds. The number of rotatable bonds is 5. The Hall–Kier alpha value is -0.780. The van der Waals surface area contributed by atoms with Crippen molar-refractivity contribution in [2.24, 2.45) is 5.92 Å².